The van der Waals surface area contributed by atoms with Gasteiger partial charge >= 0.3 is 0 Å². The number of amides is 2. The molecule has 9 heteroatoms. The summed E-state index contributed by atoms with van der Waals surface area (Å²) in [6.45, 7) is 5.28. The molecule has 4 rings (SSSR count). The van der Waals surface area contributed by atoms with Crippen LogP contribution in [0, 0.1) is 6.92 Å². The molecule has 0 saturated carbocycles. The van der Waals surface area contributed by atoms with E-state index in [1.54, 1.807) is 36.4 Å². The van der Waals surface area contributed by atoms with Crippen molar-refractivity contribution in [2.75, 3.05) is 10.8 Å². The smallest absolute Gasteiger partial charge is 0.264 e. The normalized spacial score (nSPS) is 12.6. The number of nitrogens with zero attached hydrogens (tertiary/aromatic N) is 2. The average Bonchev–Trinajstić information content (AvgIpc) is 3.04. The lowest BCUT2D eigenvalue weighted by atomic mass is 10.0. The van der Waals surface area contributed by atoms with Crippen LogP contribution in [0.3, 0.4) is 0 Å². The second-order valence-corrected chi connectivity index (χ2v) is 13.1. The van der Waals surface area contributed by atoms with E-state index in [2.05, 4.69) is 5.32 Å². The van der Waals surface area contributed by atoms with Crippen molar-refractivity contribution in [3.05, 3.63) is 131 Å². The number of anilines is 1. The van der Waals surface area contributed by atoms with E-state index in [-0.39, 0.29) is 35.5 Å². The summed E-state index contributed by atoms with van der Waals surface area (Å²) in [5.41, 5.74) is 2.71. The Morgan fingerprint density at radius 3 is 1.98 bits per heavy atom. The molecule has 0 bridgehead atoms. The Labute approximate surface area is 265 Å². The minimum Gasteiger partial charge on any atom is -0.352 e. The van der Waals surface area contributed by atoms with Crippen molar-refractivity contribution in [3.63, 3.8) is 0 Å². The van der Waals surface area contributed by atoms with Crippen LogP contribution in [0.25, 0.3) is 0 Å². The molecule has 0 aliphatic carbocycles. The first-order valence-electron chi connectivity index (χ1n) is 14.6. The van der Waals surface area contributed by atoms with Gasteiger partial charge in [0.1, 0.15) is 12.6 Å². The molecule has 0 aliphatic heterocycles. The average molecular weight is 632 g/mol. The number of hydrogen-bond acceptors (Lipinski definition) is 4. The Morgan fingerprint density at radius 1 is 0.841 bits per heavy atom. The van der Waals surface area contributed by atoms with Gasteiger partial charge in [-0.3, -0.25) is 13.9 Å². The maximum absolute atomic E-state index is 14.5. The Hall–Kier alpha value is -4.14. The highest BCUT2D eigenvalue weighted by molar-refractivity contribution is 7.92. The maximum Gasteiger partial charge on any atom is 0.264 e. The zero-order valence-electron chi connectivity index (χ0n) is 25.2. The monoisotopic (exact) mass is 631 g/mol. The van der Waals surface area contributed by atoms with Gasteiger partial charge in [-0.25, -0.2) is 8.42 Å². The molecule has 7 nitrogen and oxygen atoms in total. The molecule has 1 N–H and O–H groups in total. The SMILES string of the molecule is CC[C@@H](C)NC(=O)[C@H](Cc1ccccc1)N(Cc1ccccc1)C(=O)CN(c1ccc(C)c(Cl)c1)S(=O)(=O)c1ccccc1. The van der Waals surface area contributed by atoms with Crippen molar-refractivity contribution < 1.29 is 18.0 Å². The summed E-state index contributed by atoms with van der Waals surface area (Å²) in [5.74, 6) is -0.825. The number of aryl methyl sites for hydroxylation is 1. The van der Waals surface area contributed by atoms with E-state index in [1.165, 1.54) is 17.0 Å². The highest BCUT2D eigenvalue weighted by atomic mass is 35.5. The summed E-state index contributed by atoms with van der Waals surface area (Å²) in [6, 6.07) is 30.7. The molecule has 0 aromatic heterocycles. The second-order valence-electron chi connectivity index (χ2n) is 10.8. The lowest BCUT2D eigenvalue weighted by molar-refractivity contribution is -0.140. The van der Waals surface area contributed by atoms with Crippen molar-refractivity contribution in [3.8, 4) is 0 Å². The highest BCUT2D eigenvalue weighted by Crippen LogP contribution is 2.29. The van der Waals surface area contributed by atoms with Gasteiger partial charge in [0.15, 0.2) is 0 Å². The van der Waals surface area contributed by atoms with Crippen LogP contribution in [0.1, 0.15) is 37.0 Å². The van der Waals surface area contributed by atoms with Crippen molar-refractivity contribution in [2.24, 2.45) is 0 Å². The number of sulfonamides is 1. The van der Waals surface area contributed by atoms with Crippen LogP contribution in [-0.4, -0.2) is 43.8 Å². The Balaban J connectivity index is 1.80. The van der Waals surface area contributed by atoms with Gasteiger partial charge in [-0.1, -0.05) is 103 Å². The summed E-state index contributed by atoms with van der Waals surface area (Å²) in [6.07, 6.45) is 0.969. The van der Waals surface area contributed by atoms with Crippen molar-refractivity contribution in [2.45, 2.75) is 57.1 Å². The zero-order chi connectivity index (χ0) is 31.7. The van der Waals surface area contributed by atoms with Gasteiger partial charge in [0.2, 0.25) is 11.8 Å². The third kappa shape index (κ3) is 8.27. The van der Waals surface area contributed by atoms with Crippen LogP contribution < -0.4 is 9.62 Å². The first-order valence-corrected chi connectivity index (χ1v) is 16.4. The molecule has 0 fully saturated rings. The van der Waals surface area contributed by atoms with Gasteiger partial charge in [-0.05, 0) is 61.2 Å². The molecule has 2 amide bonds. The van der Waals surface area contributed by atoms with E-state index in [0.717, 1.165) is 21.0 Å². The number of hydrogen-bond donors (Lipinski definition) is 1. The molecular weight excluding hydrogens is 594 g/mol. The van der Waals surface area contributed by atoms with Crippen LogP contribution in [0.15, 0.2) is 114 Å². The van der Waals surface area contributed by atoms with Gasteiger partial charge in [-0.15, -0.1) is 0 Å². The fraction of sp³-hybridized carbons (Fsp3) is 0.257. The molecule has 0 radical (unpaired) electrons. The third-order valence-electron chi connectivity index (χ3n) is 7.52. The molecule has 44 heavy (non-hydrogen) atoms. The molecule has 2 atom stereocenters. The van der Waals surface area contributed by atoms with E-state index < -0.39 is 28.5 Å². The largest absolute Gasteiger partial charge is 0.352 e. The molecule has 0 saturated heterocycles. The summed E-state index contributed by atoms with van der Waals surface area (Å²) in [5, 5.41) is 3.42. The van der Waals surface area contributed by atoms with E-state index in [4.69, 9.17) is 11.6 Å². The molecule has 0 aliphatic rings. The Kier molecular flexibility index (Phi) is 11.2. The summed E-state index contributed by atoms with van der Waals surface area (Å²) < 4.78 is 29.2. The topological polar surface area (TPSA) is 86.8 Å². The van der Waals surface area contributed by atoms with Gasteiger partial charge in [-0.2, -0.15) is 0 Å². The second kappa shape index (κ2) is 15.0. The number of rotatable bonds is 13. The van der Waals surface area contributed by atoms with Gasteiger partial charge in [0.25, 0.3) is 10.0 Å². The lowest BCUT2D eigenvalue weighted by Gasteiger charge is -2.34. The van der Waals surface area contributed by atoms with Crippen molar-refractivity contribution >= 4 is 39.1 Å². The molecular formula is C35H38ClN3O4S. The molecule has 230 valence electrons. The first-order chi connectivity index (χ1) is 21.1. The number of carbonyl (C=O) groups excluding carboxylic acids is 2. The molecule has 4 aromatic rings. The fourth-order valence-electron chi connectivity index (χ4n) is 4.76. The van der Waals surface area contributed by atoms with Crippen LogP contribution in [-0.2, 0) is 32.6 Å². The molecule has 0 heterocycles. The van der Waals surface area contributed by atoms with E-state index in [0.29, 0.717) is 11.4 Å². The quantitative estimate of drug-likeness (QED) is 0.185. The minimum atomic E-state index is -4.19. The van der Waals surface area contributed by atoms with E-state index in [1.807, 2.05) is 81.4 Å². The lowest BCUT2D eigenvalue weighted by Crippen LogP contribution is -2.54. The molecule has 0 spiro atoms. The standard InChI is InChI=1S/C35H38ClN3O4S/c1-4-27(3)37-35(41)33(22-28-14-8-5-9-15-28)38(24-29-16-10-6-11-17-29)34(40)25-39(30-21-20-26(2)32(36)23-30)44(42,43)31-18-12-7-13-19-31/h5-21,23,27,33H,4,22,24-25H2,1-3H3,(H,37,41)/t27-,33+/m1/s1. The van der Waals surface area contributed by atoms with E-state index >= 15 is 0 Å². The zero-order valence-corrected chi connectivity index (χ0v) is 26.8. The van der Waals surface area contributed by atoms with Crippen LogP contribution in [0.5, 0.6) is 0 Å². The fourth-order valence-corrected chi connectivity index (χ4v) is 6.36. The molecule has 4 aromatic carbocycles. The maximum atomic E-state index is 14.5. The number of benzene rings is 4. The third-order valence-corrected chi connectivity index (χ3v) is 9.72. The minimum absolute atomic E-state index is 0.0365. The summed E-state index contributed by atoms with van der Waals surface area (Å²) >= 11 is 6.44. The highest BCUT2D eigenvalue weighted by Gasteiger charge is 2.35. The van der Waals surface area contributed by atoms with Crippen LogP contribution >= 0.6 is 11.6 Å². The van der Waals surface area contributed by atoms with Crippen LogP contribution in [0.2, 0.25) is 5.02 Å². The predicted molar refractivity (Wildman–Crippen MR) is 176 cm³/mol. The Bertz CT molecular complexity index is 1650. The first kappa shape index (κ1) is 32.8. The predicted octanol–water partition coefficient (Wildman–Crippen LogP) is 6.40. The van der Waals surface area contributed by atoms with E-state index in [9.17, 15) is 18.0 Å². The van der Waals surface area contributed by atoms with Gasteiger partial charge in [0, 0.05) is 24.0 Å². The van der Waals surface area contributed by atoms with Crippen LogP contribution in [0.4, 0.5) is 5.69 Å². The van der Waals surface area contributed by atoms with Crippen molar-refractivity contribution in [1.29, 1.82) is 0 Å². The number of halogens is 1. The van der Waals surface area contributed by atoms with Gasteiger partial charge in [0.05, 0.1) is 10.6 Å². The van der Waals surface area contributed by atoms with Gasteiger partial charge < -0.3 is 10.2 Å². The Morgan fingerprint density at radius 2 is 1.41 bits per heavy atom. The molecule has 0 unspecified atom stereocenters. The number of carbonyl (C=O) groups is 2. The summed E-state index contributed by atoms with van der Waals surface area (Å²) in [7, 11) is -4.19. The number of nitrogens with one attached hydrogen (secondary N) is 1. The van der Waals surface area contributed by atoms with Crippen molar-refractivity contribution in [1.82, 2.24) is 10.2 Å². The summed E-state index contributed by atoms with van der Waals surface area (Å²) in [4.78, 5) is 29.8.